The number of rotatable bonds is 5. The van der Waals surface area contributed by atoms with Gasteiger partial charge in [-0.2, -0.15) is 5.26 Å². The fourth-order valence-electron chi connectivity index (χ4n) is 2.49. The molecule has 1 aromatic rings. The van der Waals surface area contributed by atoms with E-state index in [1.165, 1.54) is 10.6 Å². The normalized spacial score (nSPS) is 17.1. The van der Waals surface area contributed by atoms with Crippen LogP contribution in [0.4, 0.5) is 0 Å². The Kier molecular flexibility index (Phi) is 5.68. The highest BCUT2D eigenvalue weighted by atomic mass is 35.5. The van der Waals surface area contributed by atoms with E-state index in [4.69, 9.17) is 21.6 Å². The minimum absolute atomic E-state index is 0.303. The number of hydrogen-bond acceptors (Lipinski definition) is 4. The SMILES string of the molecule is CS(=O)(=O)N1CCC(COc2ccc(CCl)cc2C#N)CC1. The molecule has 0 aliphatic carbocycles. The lowest BCUT2D eigenvalue weighted by Gasteiger charge is -2.30. The second-order valence-electron chi connectivity index (χ2n) is 5.49. The molecule has 1 fully saturated rings. The number of nitriles is 1. The molecule has 0 unspecified atom stereocenters. The summed E-state index contributed by atoms with van der Waals surface area (Å²) in [6.07, 6.45) is 2.78. The fourth-order valence-corrected chi connectivity index (χ4v) is 3.53. The van der Waals surface area contributed by atoms with Crippen molar-refractivity contribution in [3.05, 3.63) is 29.3 Å². The number of benzene rings is 1. The van der Waals surface area contributed by atoms with Gasteiger partial charge in [-0.25, -0.2) is 12.7 Å². The molecule has 1 heterocycles. The van der Waals surface area contributed by atoms with E-state index in [-0.39, 0.29) is 0 Å². The quantitative estimate of drug-likeness (QED) is 0.770. The zero-order valence-corrected chi connectivity index (χ0v) is 14.0. The molecule has 0 spiro atoms. The number of ether oxygens (including phenoxy) is 1. The van der Waals surface area contributed by atoms with Crippen LogP contribution < -0.4 is 4.74 Å². The maximum atomic E-state index is 11.5. The Morgan fingerprint density at radius 3 is 2.64 bits per heavy atom. The van der Waals surface area contributed by atoms with Gasteiger partial charge < -0.3 is 4.74 Å². The summed E-state index contributed by atoms with van der Waals surface area (Å²) in [5.41, 5.74) is 1.36. The van der Waals surface area contributed by atoms with Crippen molar-refractivity contribution in [2.24, 2.45) is 5.92 Å². The van der Waals surface area contributed by atoms with Crippen LogP contribution in [0, 0.1) is 17.2 Å². The van der Waals surface area contributed by atoms with Crippen LogP contribution in [0.15, 0.2) is 18.2 Å². The van der Waals surface area contributed by atoms with Crippen LogP contribution in [0.5, 0.6) is 5.75 Å². The highest BCUT2D eigenvalue weighted by molar-refractivity contribution is 7.88. The number of halogens is 1. The first-order valence-corrected chi connectivity index (χ1v) is 9.49. The minimum Gasteiger partial charge on any atom is -0.492 e. The molecule has 0 amide bonds. The van der Waals surface area contributed by atoms with Crippen molar-refractivity contribution >= 4 is 21.6 Å². The Labute approximate surface area is 136 Å². The third kappa shape index (κ3) is 4.35. The van der Waals surface area contributed by atoms with Gasteiger partial charge in [0.25, 0.3) is 0 Å². The van der Waals surface area contributed by atoms with E-state index in [1.54, 1.807) is 12.1 Å². The second-order valence-corrected chi connectivity index (χ2v) is 7.74. The molecule has 0 atom stereocenters. The van der Waals surface area contributed by atoms with E-state index in [0.717, 1.165) is 18.4 Å². The smallest absolute Gasteiger partial charge is 0.211 e. The topological polar surface area (TPSA) is 70.4 Å². The third-order valence-electron chi connectivity index (χ3n) is 3.84. The van der Waals surface area contributed by atoms with Crippen LogP contribution in [-0.2, 0) is 15.9 Å². The molecule has 0 saturated carbocycles. The van der Waals surface area contributed by atoms with Gasteiger partial charge in [-0.3, -0.25) is 0 Å². The molecule has 1 aliphatic rings. The van der Waals surface area contributed by atoms with Crippen molar-refractivity contribution in [3.8, 4) is 11.8 Å². The highest BCUT2D eigenvalue weighted by Gasteiger charge is 2.25. The van der Waals surface area contributed by atoms with E-state index >= 15 is 0 Å². The molecule has 7 heteroatoms. The van der Waals surface area contributed by atoms with Crippen LogP contribution in [0.2, 0.25) is 0 Å². The summed E-state index contributed by atoms with van der Waals surface area (Å²) >= 11 is 5.75. The average molecular weight is 343 g/mol. The predicted molar refractivity (Wildman–Crippen MR) is 85.3 cm³/mol. The van der Waals surface area contributed by atoms with E-state index in [1.807, 2.05) is 6.07 Å². The summed E-state index contributed by atoms with van der Waals surface area (Å²) in [5, 5.41) is 9.15. The number of alkyl halides is 1. The molecule has 2 rings (SSSR count). The van der Waals surface area contributed by atoms with Gasteiger partial charge >= 0.3 is 0 Å². The fraction of sp³-hybridized carbons (Fsp3) is 0.533. The van der Waals surface area contributed by atoms with Crippen LogP contribution in [0.1, 0.15) is 24.0 Å². The summed E-state index contributed by atoms with van der Waals surface area (Å²) in [4.78, 5) is 0. The summed E-state index contributed by atoms with van der Waals surface area (Å²) in [6, 6.07) is 7.45. The Morgan fingerprint density at radius 1 is 1.41 bits per heavy atom. The van der Waals surface area contributed by atoms with Gasteiger partial charge in [-0.15, -0.1) is 11.6 Å². The van der Waals surface area contributed by atoms with Gasteiger partial charge in [0.2, 0.25) is 10.0 Å². The highest BCUT2D eigenvalue weighted by Crippen LogP contribution is 2.24. The number of sulfonamides is 1. The third-order valence-corrected chi connectivity index (χ3v) is 5.45. The minimum atomic E-state index is -3.10. The molecule has 5 nitrogen and oxygen atoms in total. The molecule has 0 radical (unpaired) electrons. The van der Waals surface area contributed by atoms with Crippen LogP contribution >= 0.6 is 11.6 Å². The summed E-state index contributed by atoms with van der Waals surface area (Å²) < 4.78 is 30.2. The molecule has 0 aromatic heterocycles. The van der Waals surface area contributed by atoms with Crippen LogP contribution in [0.25, 0.3) is 0 Å². The Hall–Kier alpha value is -1.29. The first kappa shape index (κ1) is 17.1. The molecule has 120 valence electrons. The van der Waals surface area contributed by atoms with Crippen molar-refractivity contribution in [2.75, 3.05) is 26.0 Å². The lowest BCUT2D eigenvalue weighted by Crippen LogP contribution is -2.39. The first-order chi connectivity index (χ1) is 10.4. The van der Waals surface area contributed by atoms with Gasteiger partial charge in [-0.1, -0.05) is 6.07 Å². The van der Waals surface area contributed by atoms with Crippen molar-refractivity contribution in [1.82, 2.24) is 4.31 Å². The summed E-state index contributed by atoms with van der Waals surface area (Å²) in [5.74, 6) is 1.22. The monoisotopic (exact) mass is 342 g/mol. The van der Waals surface area contributed by atoms with Crippen LogP contribution in [0.3, 0.4) is 0 Å². The Balaban J connectivity index is 1.91. The molecule has 1 saturated heterocycles. The van der Waals surface area contributed by atoms with E-state index in [2.05, 4.69) is 6.07 Å². The Bertz CT molecular complexity index is 662. The zero-order chi connectivity index (χ0) is 16.2. The van der Waals surface area contributed by atoms with Gasteiger partial charge in [0.1, 0.15) is 11.8 Å². The largest absolute Gasteiger partial charge is 0.492 e. The van der Waals surface area contributed by atoms with Crippen molar-refractivity contribution < 1.29 is 13.2 Å². The van der Waals surface area contributed by atoms with Gasteiger partial charge in [0, 0.05) is 19.0 Å². The molecule has 1 aliphatic heterocycles. The Morgan fingerprint density at radius 2 is 2.09 bits per heavy atom. The maximum Gasteiger partial charge on any atom is 0.211 e. The number of nitrogens with zero attached hydrogens (tertiary/aromatic N) is 2. The van der Waals surface area contributed by atoms with E-state index in [9.17, 15) is 8.42 Å². The molecule has 0 N–H and O–H groups in total. The molecule has 22 heavy (non-hydrogen) atoms. The van der Waals surface area contributed by atoms with Crippen molar-refractivity contribution in [3.63, 3.8) is 0 Å². The molecule has 1 aromatic carbocycles. The second kappa shape index (κ2) is 7.32. The zero-order valence-electron chi connectivity index (χ0n) is 12.5. The predicted octanol–water partition coefficient (Wildman–Crippen LogP) is 2.35. The number of piperidine rings is 1. The lowest BCUT2D eigenvalue weighted by molar-refractivity contribution is 0.185. The standard InChI is InChI=1S/C15H19ClN2O3S/c1-22(19,20)18-6-4-12(5-7-18)11-21-15-3-2-13(9-16)8-14(15)10-17/h2-3,8,12H,4-7,9,11H2,1H3. The van der Waals surface area contributed by atoms with E-state index < -0.39 is 10.0 Å². The first-order valence-electron chi connectivity index (χ1n) is 7.11. The van der Waals surface area contributed by atoms with Gasteiger partial charge in [0.05, 0.1) is 18.4 Å². The number of hydrogen-bond donors (Lipinski definition) is 0. The summed E-state index contributed by atoms with van der Waals surface area (Å²) in [7, 11) is -3.10. The van der Waals surface area contributed by atoms with Gasteiger partial charge in [0.15, 0.2) is 0 Å². The molecular formula is C15H19ClN2O3S. The maximum absolute atomic E-state index is 11.5. The van der Waals surface area contributed by atoms with Crippen molar-refractivity contribution in [1.29, 1.82) is 5.26 Å². The van der Waals surface area contributed by atoms with Crippen molar-refractivity contribution in [2.45, 2.75) is 18.7 Å². The van der Waals surface area contributed by atoms with Crippen LogP contribution in [-0.4, -0.2) is 38.7 Å². The average Bonchev–Trinajstić information content (AvgIpc) is 2.52. The lowest BCUT2D eigenvalue weighted by atomic mass is 9.99. The summed E-state index contributed by atoms with van der Waals surface area (Å²) in [6.45, 7) is 1.55. The van der Waals surface area contributed by atoms with E-state index in [0.29, 0.717) is 42.8 Å². The molecular weight excluding hydrogens is 324 g/mol. The van der Waals surface area contributed by atoms with Gasteiger partial charge in [-0.05, 0) is 36.5 Å². The molecule has 0 bridgehead atoms.